The summed E-state index contributed by atoms with van der Waals surface area (Å²) in [7, 11) is 0. The first-order valence-electron chi connectivity index (χ1n) is 14.4. The maximum absolute atomic E-state index is 14.4. The van der Waals surface area contributed by atoms with E-state index < -0.39 is 5.54 Å². The van der Waals surface area contributed by atoms with E-state index in [0.29, 0.717) is 11.1 Å². The van der Waals surface area contributed by atoms with Gasteiger partial charge in [-0.3, -0.25) is 9.69 Å². The quantitative estimate of drug-likeness (QED) is 0.245. The number of hydrogen-bond donors (Lipinski definition) is 0. The molecule has 1 amide bonds. The normalized spacial score (nSPS) is 14.1. The highest BCUT2D eigenvalue weighted by Crippen LogP contribution is 2.59. The predicted molar refractivity (Wildman–Crippen MR) is 164 cm³/mol. The molecule has 4 aromatic carbocycles. The van der Waals surface area contributed by atoms with Crippen LogP contribution >= 0.6 is 0 Å². The molecule has 6 heteroatoms. The fourth-order valence-electron chi connectivity index (χ4n) is 6.53. The first-order valence-corrected chi connectivity index (χ1v) is 14.4. The summed E-state index contributed by atoms with van der Waals surface area (Å²) in [6.45, 7) is 12.1. The van der Waals surface area contributed by atoms with Gasteiger partial charge in [-0.2, -0.15) is 5.26 Å². The summed E-state index contributed by atoms with van der Waals surface area (Å²) in [6.07, 6.45) is 0. The SMILES string of the molecule is CCN(CC)c1ccc2c(c1)Oc1cc(N(CC)CC)ccc1C21c2ccccc2C(=O)N1c1ccc(C#N)cc1. The number of carbonyl (C=O) groups excluding carboxylic acids is 1. The summed E-state index contributed by atoms with van der Waals surface area (Å²) in [5.41, 5.74) is 5.90. The van der Waals surface area contributed by atoms with E-state index in [0.717, 1.165) is 71.4 Å². The number of nitriles is 1. The highest BCUT2D eigenvalue weighted by atomic mass is 16.5. The van der Waals surface area contributed by atoms with Crippen LogP contribution in [0.3, 0.4) is 0 Å². The van der Waals surface area contributed by atoms with Gasteiger partial charge in [-0.1, -0.05) is 30.3 Å². The zero-order valence-electron chi connectivity index (χ0n) is 24.0. The van der Waals surface area contributed by atoms with Crippen LogP contribution in [0, 0.1) is 11.3 Å². The lowest BCUT2D eigenvalue weighted by Gasteiger charge is -2.44. The number of hydrogen-bond acceptors (Lipinski definition) is 5. The molecule has 0 radical (unpaired) electrons. The summed E-state index contributed by atoms with van der Waals surface area (Å²) < 4.78 is 6.76. The minimum absolute atomic E-state index is 0.0789. The molecule has 0 atom stereocenters. The molecular weight excluding hydrogens is 508 g/mol. The van der Waals surface area contributed by atoms with E-state index in [-0.39, 0.29) is 5.91 Å². The van der Waals surface area contributed by atoms with Crippen LogP contribution < -0.4 is 19.4 Å². The molecular formula is C35H34N4O2. The number of ether oxygens (including phenoxy) is 1. The smallest absolute Gasteiger partial charge is 0.260 e. The lowest BCUT2D eigenvalue weighted by atomic mass is 9.74. The van der Waals surface area contributed by atoms with Crippen molar-refractivity contribution in [3.8, 4) is 17.6 Å². The Hall–Kier alpha value is -4.76. The van der Waals surface area contributed by atoms with Crippen LogP contribution in [-0.2, 0) is 5.54 Å². The molecule has 0 saturated heterocycles. The number of amides is 1. The van der Waals surface area contributed by atoms with E-state index in [9.17, 15) is 10.1 Å². The molecule has 206 valence electrons. The molecule has 0 N–H and O–H groups in total. The minimum Gasteiger partial charge on any atom is -0.456 e. The predicted octanol–water partition coefficient (Wildman–Crippen LogP) is 7.31. The Balaban J connectivity index is 1.69. The Kier molecular flexibility index (Phi) is 6.67. The molecule has 0 aliphatic carbocycles. The van der Waals surface area contributed by atoms with Gasteiger partial charge in [0.05, 0.1) is 11.6 Å². The zero-order chi connectivity index (χ0) is 28.7. The molecule has 41 heavy (non-hydrogen) atoms. The number of rotatable bonds is 7. The molecule has 0 bridgehead atoms. The second-order valence-electron chi connectivity index (χ2n) is 10.4. The van der Waals surface area contributed by atoms with Crippen molar-refractivity contribution in [1.29, 1.82) is 5.26 Å². The molecule has 0 fully saturated rings. The molecule has 2 heterocycles. The summed E-state index contributed by atoms with van der Waals surface area (Å²) >= 11 is 0. The molecule has 4 aromatic rings. The number of fused-ring (bicyclic) bond motifs is 6. The first-order chi connectivity index (χ1) is 20.0. The van der Waals surface area contributed by atoms with Gasteiger partial charge in [0.25, 0.3) is 5.91 Å². The summed E-state index contributed by atoms with van der Waals surface area (Å²) in [5.74, 6) is 1.40. The van der Waals surface area contributed by atoms with Crippen LogP contribution in [0.5, 0.6) is 11.5 Å². The molecule has 0 unspecified atom stereocenters. The van der Waals surface area contributed by atoms with Gasteiger partial charge in [-0.25, -0.2) is 0 Å². The standard InChI is InChI=1S/C35H34N4O2/c1-5-37(6-2)26-17-19-30-32(21-26)41-33-22-27(38(7-3)8-4)18-20-31(33)35(30)29-12-10-9-11-28(29)34(40)39(35)25-15-13-24(23-36)14-16-25/h9-22H,5-8H2,1-4H3. The third kappa shape index (κ3) is 3.88. The van der Waals surface area contributed by atoms with E-state index in [1.54, 1.807) is 12.1 Å². The van der Waals surface area contributed by atoms with Crippen LogP contribution in [0.1, 0.15) is 60.3 Å². The van der Waals surface area contributed by atoms with Crippen molar-refractivity contribution in [2.75, 3.05) is 40.9 Å². The Morgan fingerprint density at radius 1 is 0.732 bits per heavy atom. The van der Waals surface area contributed by atoms with Crippen molar-refractivity contribution in [2.45, 2.75) is 33.2 Å². The largest absolute Gasteiger partial charge is 0.456 e. The number of anilines is 3. The summed E-state index contributed by atoms with van der Waals surface area (Å²) in [6, 6.07) is 30.1. The van der Waals surface area contributed by atoms with Gasteiger partial charge in [0.15, 0.2) is 0 Å². The third-order valence-electron chi connectivity index (χ3n) is 8.53. The van der Waals surface area contributed by atoms with E-state index in [4.69, 9.17) is 4.74 Å². The van der Waals surface area contributed by atoms with E-state index >= 15 is 0 Å². The van der Waals surface area contributed by atoms with Crippen molar-refractivity contribution in [3.05, 3.63) is 113 Å². The van der Waals surface area contributed by atoms with Gasteiger partial charge in [0.1, 0.15) is 17.0 Å². The molecule has 6 rings (SSSR count). The number of carbonyl (C=O) groups is 1. The van der Waals surface area contributed by atoms with Crippen LogP contribution in [0.25, 0.3) is 0 Å². The molecule has 1 spiro atoms. The molecule has 0 aromatic heterocycles. The average molecular weight is 543 g/mol. The minimum atomic E-state index is -0.950. The molecule has 6 nitrogen and oxygen atoms in total. The van der Waals surface area contributed by atoms with Gasteiger partial charge in [-0.05, 0) is 70.2 Å². The van der Waals surface area contributed by atoms with Crippen LogP contribution in [-0.4, -0.2) is 32.1 Å². The van der Waals surface area contributed by atoms with E-state index in [1.165, 1.54) is 0 Å². The molecule has 2 aliphatic rings. The zero-order valence-corrected chi connectivity index (χ0v) is 24.0. The number of nitrogens with zero attached hydrogens (tertiary/aromatic N) is 4. The Labute approximate surface area is 242 Å². The summed E-state index contributed by atoms with van der Waals surface area (Å²) in [5, 5.41) is 9.46. The van der Waals surface area contributed by atoms with Crippen molar-refractivity contribution in [3.63, 3.8) is 0 Å². The van der Waals surface area contributed by atoms with Gasteiger partial charge >= 0.3 is 0 Å². The lowest BCUT2D eigenvalue weighted by molar-refractivity contribution is 0.0985. The van der Waals surface area contributed by atoms with Crippen molar-refractivity contribution in [1.82, 2.24) is 0 Å². The lowest BCUT2D eigenvalue weighted by Crippen LogP contribution is -2.47. The van der Waals surface area contributed by atoms with Gasteiger partial charge in [0, 0.05) is 77.6 Å². The fourth-order valence-corrected chi connectivity index (χ4v) is 6.53. The van der Waals surface area contributed by atoms with Crippen molar-refractivity contribution < 1.29 is 9.53 Å². The maximum Gasteiger partial charge on any atom is 0.260 e. The number of benzene rings is 4. The van der Waals surface area contributed by atoms with Crippen LogP contribution in [0.2, 0.25) is 0 Å². The van der Waals surface area contributed by atoms with Crippen molar-refractivity contribution >= 4 is 23.0 Å². The highest BCUT2D eigenvalue weighted by molar-refractivity contribution is 6.14. The Bertz CT molecular complexity index is 1600. The molecule has 0 saturated carbocycles. The van der Waals surface area contributed by atoms with E-state index in [2.05, 4.69) is 86.0 Å². The monoisotopic (exact) mass is 542 g/mol. The first kappa shape index (κ1) is 26.5. The van der Waals surface area contributed by atoms with E-state index in [1.807, 2.05) is 35.2 Å². The second-order valence-corrected chi connectivity index (χ2v) is 10.4. The topological polar surface area (TPSA) is 59.8 Å². The van der Waals surface area contributed by atoms with Gasteiger partial charge in [0.2, 0.25) is 0 Å². The van der Waals surface area contributed by atoms with Gasteiger partial charge < -0.3 is 14.5 Å². The fraction of sp³-hybridized carbons (Fsp3) is 0.257. The maximum atomic E-state index is 14.4. The van der Waals surface area contributed by atoms with Crippen molar-refractivity contribution in [2.24, 2.45) is 0 Å². The highest BCUT2D eigenvalue weighted by Gasteiger charge is 2.57. The molecule has 2 aliphatic heterocycles. The second kappa shape index (κ2) is 10.3. The van der Waals surface area contributed by atoms with Crippen LogP contribution in [0.15, 0.2) is 84.9 Å². The Morgan fingerprint density at radius 2 is 1.27 bits per heavy atom. The van der Waals surface area contributed by atoms with Gasteiger partial charge in [-0.15, -0.1) is 0 Å². The average Bonchev–Trinajstić information content (AvgIpc) is 3.27. The Morgan fingerprint density at radius 3 is 1.78 bits per heavy atom. The summed E-state index contributed by atoms with van der Waals surface area (Å²) in [4.78, 5) is 20.9. The third-order valence-corrected chi connectivity index (χ3v) is 8.53. The van der Waals surface area contributed by atoms with Crippen LogP contribution in [0.4, 0.5) is 17.1 Å².